The Bertz CT molecular complexity index is 1140. The van der Waals surface area contributed by atoms with Gasteiger partial charge in [-0.1, -0.05) is 6.07 Å². The number of likely N-dealkylation sites (N-methyl/N-ethyl adjacent to an activating group) is 1. The lowest BCUT2D eigenvalue weighted by Gasteiger charge is -2.33. The average molecular weight is 423 g/mol. The molecule has 4 heterocycles. The van der Waals surface area contributed by atoms with Crippen molar-refractivity contribution in [2.24, 2.45) is 5.73 Å². The first-order chi connectivity index (χ1) is 14.9. The zero-order valence-corrected chi connectivity index (χ0v) is 17.6. The van der Waals surface area contributed by atoms with Gasteiger partial charge in [0.05, 0.1) is 11.4 Å². The number of pyridine rings is 1. The predicted octanol–water partition coefficient (Wildman–Crippen LogP) is 2.59. The van der Waals surface area contributed by atoms with Crippen molar-refractivity contribution in [3.63, 3.8) is 0 Å². The number of H-pyrrole nitrogens is 1. The molecule has 0 radical (unpaired) electrons. The van der Waals surface area contributed by atoms with Crippen LogP contribution in [-0.2, 0) is 11.2 Å². The van der Waals surface area contributed by atoms with E-state index >= 15 is 0 Å². The van der Waals surface area contributed by atoms with Gasteiger partial charge >= 0.3 is 0 Å². The summed E-state index contributed by atoms with van der Waals surface area (Å²) < 4.78 is 20.6. The van der Waals surface area contributed by atoms with Gasteiger partial charge in [-0.2, -0.15) is 0 Å². The number of aryl methyl sites for hydroxylation is 1. The van der Waals surface area contributed by atoms with Crippen molar-refractivity contribution in [2.45, 2.75) is 37.9 Å². The Hall–Kier alpha value is -2.97. The fraction of sp³-hybridized carbons (Fsp3) is 0.391. The van der Waals surface area contributed by atoms with E-state index in [0.29, 0.717) is 23.0 Å². The number of nitrogens with two attached hydrogens (primary N) is 1. The number of carbonyl (C=O) groups is 1. The minimum Gasteiger partial charge on any atom is -0.453 e. The Labute approximate surface area is 180 Å². The second kappa shape index (κ2) is 7.62. The lowest BCUT2D eigenvalue weighted by molar-refractivity contribution is -0.134. The van der Waals surface area contributed by atoms with Crippen molar-refractivity contribution in [2.75, 3.05) is 20.1 Å². The topological polar surface area (TPSA) is 87.5 Å². The van der Waals surface area contributed by atoms with E-state index in [1.165, 1.54) is 6.07 Å². The number of hydrogen-bond acceptors (Lipinski definition) is 5. The highest BCUT2D eigenvalue weighted by Crippen LogP contribution is 2.33. The van der Waals surface area contributed by atoms with E-state index in [0.717, 1.165) is 30.5 Å². The van der Waals surface area contributed by atoms with Gasteiger partial charge in [-0.05, 0) is 56.1 Å². The van der Waals surface area contributed by atoms with Crippen molar-refractivity contribution in [1.29, 1.82) is 0 Å². The second-order valence-electron chi connectivity index (χ2n) is 8.66. The zero-order chi connectivity index (χ0) is 21.7. The van der Waals surface area contributed by atoms with E-state index in [2.05, 4.69) is 21.9 Å². The van der Waals surface area contributed by atoms with Gasteiger partial charge < -0.3 is 20.4 Å². The minimum absolute atomic E-state index is 0.0524. The molecule has 2 saturated heterocycles. The number of aromatic amines is 1. The normalized spacial score (nSPS) is 21.7. The first kappa shape index (κ1) is 20.0. The highest BCUT2D eigenvalue weighted by atomic mass is 19.1. The molecule has 2 aliphatic heterocycles. The lowest BCUT2D eigenvalue weighted by Crippen LogP contribution is -2.52. The molecule has 0 unspecified atom stereocenters. The Morgan fingerprint density at radius 3 is 2.87 bits per heavy atom. The highest BCUT2D eigenvalue weighted by Gasteiger charge is 2.44. The monoisotopic (exact) mass is 423 g/mol. The number of nitrogens with zero attached hydrogens (tertiary/aromatic N) is 3. The molecule has 2 bridgehead atoms. The first-order valence-corrected chi connectivity index (χ1v) is 10.6. The molecule has 8 heteroatoms. The van der Waals surface area contributed by atoms with Crippen LogP contribution in [0.4, 0.5) is 4.39 Å². The molecule has 31 heavy (non-hydrogen) atoms. The van der Waals surface area contributed by atoms with Crippen LogP contribution in [0.2, 0.25) is 0 Å². The third-order valence-corrected chi connectivity index (χ3v) is 6.52. The Kier molecular flexibility index (Phi) is 4.91. The molecule has 0 spiro atoms. The molecule has 2 aliphatic rings. The Balaban J connectivity index is 1.28. The van der Waals surface area contributed by atoms with Crippen LogP contribution < -0.4 is 10.5 Å². The van der Waals surface area contributed by atoms with Crippen molar-refractivity contribution >= 4 is 16.9 Å². The summed E-state index contributed by atoms with van der Waals surface area (Å²) in [6.45, 7) is 3.57. The molecule has 3 N–H and O–H groups in total. The average Bonchev–Trinajstić information content (AvgIpc) is 3.44. The Morgan fingerprint density at radius 1 is 1.32 bits per heavy atom. The Morgan fingerprint density at radius 2 is 2.16 bits per heavy atom. The van der Waals surface area contributed by atoms with E-state index in [1.54, 1.807) is 24.4 Å². The lowest BCUT2D eigenvalue weighted by atomic mass is 10.0. The van der Waals surface area contributed by atoms with Gasteiger partial charge in [0.2, 0.25) is 5.91 Å². The largest absolute Gasteiger partial charge is 0.453 e. The molecule has 3 aromatic rings. The van der Waals surface area contributed by atoms with Crippen LogP contribution in [0.3, 0.4) is 0 Å². The van der Waals surface area contributed by atoms with Crippen LogP contribution in [0.1, 0.15) is 17.5 Å². The number of nitrogens with one attached hydrogen (secondary N) is 1. The fourth-order valence-corrected chi connectivity index (χ4v) is 4.83. The molecule has 2 aromatic heterocycles. The summed E-state index contributed by atoms with van der Waals surface area (Å²) in [6, 6.07) is 6.45. The first-order valence-electron chi connectivity index (χ1n) is 10.6. The molecular formula is C23H26FN5O2. The van der Waals surface area contributed by atoms with Gasteiger partial charge in [-0.15, -0.1) is 0 Å². The summed E-state index contributed by atoms with van der Waals surface area (Å²) in [5.74, 6) is 0.119. The van der Waals surface area contributed by atoms with Crippen molar-refractivity contribution in [3.05, 3.63) is 53.6 Å². The number of rotatable bonds is 5. The predicted molar refractivity (Wildman–Crippen MR) is 116 cm³/mol. The number of ether oxygens (including phenoxy) is 1. The third-order valence-electron chi connectivity index (χ3n) is 6.52. The maximum Gasteiger partial charge on any atom is 0.240 e. The van der Waals surface area contributed by atoms with Crippen LogP contribution in [0.25, 0.3) is 11.0 Å². The number of fused-ring (bicyclic) bond motifs is 3. The SMILES string of the molecule is Cc1c[nH]c2nccc(Oc3ccc(C[C@H](N)C(=O)N4C[C@@H]5C[C@H]4CN5C)cc3F)c12. The number of likely N-dealkylation sites (tertiary alicyclic amines) is 2. The molecule has 3 atom stereocenters. The van der Waals surface area contributed by atoms with E-state index in [9.17, 15) is 9.18 Å². The van der Waals surface area contributed by atoms with Crippen LogP contribution >= 0.6 is 0 Å². The summed E-state index contributed by atoms with van der Waals surface area (Å²) in [5.41, 5.74) is 8.54. The van der Waals surface area contributed by atoms with Crippen molar-refractivity contribution in [3.8, 4) is 11.5 Å². The summed E-state index contributed by atoms with van der Waals surface area (Å²) in [6.07, 6.45) is 4.76. The van der Waals surface area contributed by atoms with E-state index in [1.807, 2.05) is 18.0 Å². The third kappa shape index (κ3) is 3.55. The minimum atomic E-state index is -0.682. The molecule has 0 aliphatic carbocycles. The molecule has 1 amide bonds. The van der Waals surface area contributed by atoms with E-state index in [4.69, 9.17) is 10.5 Å². The maximum atomic E-state index is 14.8. The molecule has 1 aromatic carbocycles. The van der Waals surface area contributed by atoms with Gasteiger partial charge in [-0.25, -0.2) is 9.37 Å². The molecule has 2 fully saturated rings. The molecular weight excluding hydrogens is 397 g/mol. The van der Waals surface area contributed by atoms with Gasteiger partial charge in [0.1, 0.15) is 11.4 Å². The van der Waals surface area contributed by atoms with E-state index < -0.39 is 11.9 Å². The van der Waals surface area contributed by atoms with Gasteiger partial charge in [0.15, 0.2) is 11.6 Å². The fourth-order valence-electron chi connectivity index (χ4n) is 4.83. The summed E-state index contributed by atoms with van der Waals surface area (Å²) >= 11 is 0. The van der Waals surface area contributed by atoms with Crippen LogP contribution in [0, 0.1) is 12.7 Å². The zero-order valence-electron chi connectivity index (χ0n) is 17.6. The standard InChI is InChI=1S/C23H26FN5O2/c1-13-10-27-22-21(13)20(5-6-26-22)31-19-4-3-14(7-17(19)24)8-18(25)23(30)29-12-15-9-16(29)11-28(15)2/h3-7,10,15-16,18H,8-9,11-12,25H2,1-2H3,(H,26,27)/t15-,16-,18-/m0/s1. The summed E-state index contributed by atoms with van der Waals surface area (Å²) in [5, 5.41) is 0.823. The van der Waals surface area contributed by atoms with Gasteiger partial charge in [-0.3, -0.25) is 9.69 Å². The number of amides is 1. The smallest absolute Gasteiger partial charge is 0.240 e. The highest BCUT2D eigenvalue weighted by molar-refractivity contribution is 5.86. The number of carbonyl (C=O) groups excluding carboxylic acids is 1. The van der Waals surface area contributed by atoms with Crippen LogP contribution in [0.15, 0.2) is 36.7 Å². The summed E-state index contributed by atoms with van der Waals surface area (Å²) in [4.78, 5) is 24.3. The van der Waals surface area contributed by atoms with Crippen LogP contribution in [-0.4, -0.2) is 63.9 Å². The van der Waals surface area contributed by atoms with Gasteiger partial charge in [0, 0.05) is 37.6 Å². The second-order valence-corrected chi connectivity index (χ2v) is 8.66. The molecule has 0 saturated carbocycles. The molecule has 7 nitrogen and oxygen atoms in total. The number of piperazine rings is 1. The molecule has 162 valence electrons. The van der Waals surface area contributed by atoms with Gasteiger partial charge in [0.25, 0.3) is 0 Å². The van der Waals surface area contributed by atoms with E-state index in [-0.39, 0.29) is 24.1 Å². The summed E-state index contributed by atoms with van der Waals surface area (Å²) in [7, 11) is 2.09. The van der Waals surface area contributed by atoms with Crippen LogP contribution in [0.5, 0.6) is 11.5 Å². The number of hydrogen-bond donors (Lipinski definition) is 2. The number of aromatic nitrogens is 2. The quantitative estimate of drug-likeness (QED) is 0.659. The maximum absolute atomic E-state index is 14.8. The van der Waals surface area contributed by atoms with Crippen molar-refractivity contribution < 1.29 is 13.9 Å². The van der Waals surface area contributed by atoms with Crippen molar-refractivity contribution in [1.82, 2.24) is 19.8 Å². The molecule has 5 rings (SSSR count). The number of benzene rings is 1. The number of halogens is 1.